The van der Waals surface area contributed by atoms with Crippen LogP contribution < -0.4 is 20.7 Å². The normalized spacial score (nSPS) is 18.9. The molecule has 9 heteroatoms. The Kier molecular flexibility index (Phi) is 7.88. The number of H-pyrrole nitrogens is 1. The Labute approximate surface area is 231 Å². The van der Waals surface area contributed by atoms with E-state index in [1.165, 1.54) is 10.8 Å². The molecule has 1 aliphatic heterocycles. The fourth-order valence-corrected chi connectivity index (χ4v) is 5.15. The number of aromatic nitrogens is 2. The number of nitrogens with zero attached hydrogens (tertiary/aromatic N) is 1. The van der Waals surface area contributed by atoms with Crippen LogP contribution in [0.2, 0.25) is 0 Å². The van der Waals surface area contributed by atoms with Gasteiger partial charge in [-0.1, -0.05) is 54.6 Å². The molecule has 0 spiro atoms. The van der Waals surface area contributed by atoms with E-state index >= 15 is 0 Å². The van der Waals surface area contributed by atoms with Gasteiger partial charge in [0.1, 0.15) is 23.2 Å². The van der Waals surface area contributed by atoms with Gasteiger partial charge in [-0.3, -0.25) is 14.3 Å². The highest BCUT2D eigenvalue weighted by Crippen LogP contribution is 2.42. The molecule has 0 radical (unpaired) electrons. The molecule has 0 amide bonds. The summed E-state index contributed by atoms with van der Waals surface area (Å²) in [7, 11) is 3.24. The lowest BCUT2D eigenvalue weighted by Crippen LogP contribution is -2.37. The van der Waals surface area contributed by atoms with Crippen LogP contribution in [0.3, 0.4) is 0 Å². The molecule has 4 aromatic rings. The zero-order valence-electron chi connectivity index (χ0n) is 22.6. The van der Waals surface area contributed by atoms with Crippen LogP contribution in [0.5, 0.6) is 11.5 Å². The molecule has 1 fully saturated rings. The Bertz CT molecular complexity index is 1500. The predicted octanol–water partition coefficient (Wildman–Crippen LogP) is 3.52. The summed E-state index contributed by atoms with van der Waals surface area (Å²) in [5.41, 5.74) is 0.818. The van der Waals surface area contributed by atoms with Crippen molar-refractivity contribution in [1.82, 2.24) is 9.55 Å². The Morgan fingerprint density at radius 2 is 1.45 bits per heavy atom. The number of aliphatic hydroxyl groups excluding tert-OH is 1. The van der Waals surface area contributed by atoms with E-state index in [0.29, 0.717) is 17.1 Å². The molecule has 0 aliphatic carbocycles. The van der Waals surface area contributed by atoms with Gasteiger partial charge in [-0.05, 0) is 47.9 Å². The van der Waals surface area contributed by atoms with Crippen LogP contribution in [0.4, 0.5) is 0 Å². The molecule has 1 aromatic heterocycles. The monoisotopic (exact) mass is 544 g/mol. The Morgan fingerprint density at radius 1 is 0.900 bits per heavy atom. The molecule has 3 atom stereocenters. The number of aliphatic hydroxyl groups is 1. The Balaban J connectivity index is 1.53. The Hall–Kier alpha value is -4.18. The second kappa shape index (κ2) is 11.5. The maximum atomic E-state index is 12.5. The van der Waals surface area contributed by atoms with E-state index in [9.17, 15) is 14.7 Å². The minimum absolute atomic E-state index is 0.109. The van der Waals surface area contributed by atoms with Gasteiger partial charge in [-0.25, -0.2) is 4.79 Å². The molecule has 40 heavy (non-hydrogen) atoms. The smallest absolute Gasteiger partial charge is 0.330 e. The standard InChI is InChI=1S/C31H32N2O7/c1-20-18-33(30(36)32-28(20)35)29-27(34)17-26(40-29)19-39-31(21-7-5-4-6-8-21,22-9-13-24(37-2)14-10-22)23-11-15-25(38-3)16-12-23/h4-16,18,26-27,29,34H,17,19H2,1-3H3,(H,32,35,36)/t26-,27+,29+/m0/s1. The summed E-state index contributed by atoms with van der Waals surface area (Å²) in [4.78, 5) is 26.6. The van der Waals surface area contributed by atoms with Crippen LogP contribution in [-0.4, -0.2) is 47.7 Å². The van der Waals surface area contributed by atoms with Gasteiger partial charge in [0.15, 0.2) is 6.23 Å². The average molecular weight is 545 g/mol. The molecule has 2 heterocycles. The number of aromatic amines is 1. The van der Waals surface area contributed by atoms with Crippen molar-refractivity contribution in [2.75, 3.05) is 20.8 Å². The van der Waals surface area contributed by atoms with Crippen LogP contribution in [0.25, 0.3) is 0 Å². The van der Waals surface area contributed by atoms with E-state index in [1.54, 1.807) is 21.1 Å². The summed E-state index contributed by atoms with van der Waals surface area (Å²) < 4.78 is 25.0. The summed E-state index contributed by atoms with van der Waals surface area (Å²) in [6, 6.07) is 25.3. The third kappa shape index (κ3) is 5.19. The summed E-state index contributed by atoms with van der Waals surface area (Å²) in [6.45, 7) is 1.70. The maximum absolute atomic E-state index is 12.5. The number of aryl methyl sites for hydroxylation is 1. The molecule has 5 rings (SSSR count). The van der Waals surface area contributed by atoms with Crippen LogP contribution in [0.1, 0.15) is 34.9 Å². The average Bonchev–Trinajstić information content (AvgIpc) is 3.36. The van der Waals surface area contributed by atoms with Crippen molar-refractivity contribution in [2.24, 2.45) is 0 Å². The van der Waals surface area contributed by atoms with Gasteiger partial charge < -0.3 is 24.1 Å². The molecular formula is C31H32N2O7. The highest BCUT2D eigenvalue weighted by molar-refractivity contribution is 5.49. The summed E-state index contributed by atoms with van der Waals surface area (Å²) >= 11 is 0. The van der Waals surface area contributed by atoms with Crippen molar-refractivity contribution in [3.63, 3.8) is 0 Å². The van der Waals surface area contributed by atoms with Gasteiger partial charge in [-0.2, -0.15) is 0 Å². The number of benzene rings is 3. The fraction of sp³-hybridized carbons (Fsp3) is 0.290. The number of nitrogens with one attached hydrogen (secondary N) is 1. The number of hydrogen-bond donors (Lipinski definition) is 2. The fourth-order valence-electron chi connectivity index (χ4n) is 5.15. The highest BCUT2D eigenvalue weighted by atomic mass is 16.6. The van der Waals surface area contributed by atoms with Gasteiger partial charge in [0.05, 0.1) is 26.9 Å². The molecule has 0 saturated carbocycles. The molecule has 3 aromatic carbocycles. The van der Waals surface area contributed by atoms with Crippen molar-refractivity contribution < 1.29 is 24.1 Å². The summed E-state index contributed by atoms with van der Waals surface area (Å²) in [5.74, 6) is 1.43. The van der Waals surface area contributed by atoms with Gasteiger partial charge in [0.2, 0.25) is 0 Å². The van der Waals surface area contributed by atoms with Gasteiger partial charge in [-0.15, -0.1) is 0 Å². The second-order valence-electron chi connectivity index (χ2n) is 9.75. The van der Waals surface area contributed by atoms with Crippen LogP contribution in [-0.2, 0) is 15.1 Å². The molecule has 2 N–H and O–H groups in total. The first-order valence-corrected chi connectivity index (χ1v) is 13.0. The molecule has 9 nitrogen and oxygen atoms in total. The first-order chi connectivity index (χ1) is 19.3. The van der Waals surface area contributed by atoms with E-state index in [-0.39, 0.29) is 13.0 Å². The number of hydrogen-bond acceptors (Lipinski definition) is 7. The molecule has 0 unspecified atom stereocenters. The Morgan fingerprint density at radius 3 is 2.00 bits per heavy atom. The van der Waals surface area contributed by atoms with Crippen molar-refractivity contribution >= 4 is 0 Å². The number of ether oxygens (including phenoxy) is 4. The largest absolute Gasteiger partial charge is 0.497 e. The van der Waals surface area contributed by atoms with Crippen LogP contribution >= 0.6 is 0 Å². The van der Waals surface area contributed by atoms with Crippen LogP contribution in [0, 0.1) is 6.92 Å². The quantitative estimate of drug-likeness (QED) is 0.310. The number of rotatable bonds is 9. The molecule has 0 bridgehead atoms. The van der Waals surface area contributed by atoms with E-state index in [2.05, 4.69) is 4.98 Å². The minimum atomic E-state index is -1.04. The van der Waals surface area contributed by atoms with Crippen molar-refractivity contribution in [2.45, 2.75) is 37.4 Å². The van der Waals surface area contributed by atoms with Crippen LogP contribution in [0.15, 0.2) is 94.6 Å². The highest BCUT2D eigenvalue weighted by Gasteiger charge is 2.41. The lowest BCUT2D eigenvalue weighted by molar-refractivity contribution is -0.0876. The molecule has 208 valence electrons. The SMILES string of the molecule is COc1ccc(C(OC[C@@H]2C[C@@H](O)[C@H](n3cc(C)c(=O)[nH]c3=O)O2)(c2ccccc2)c2ccc(OC)cc2)cc1. The van der Waals surface area contributed by atoms with E-state index in [4.69, 9.17) is 18.9 Å². The van der Waals surface area contributed by atoms with E-state index in [1.807, 2.05) is 78.9 Å². The van der Waals surface area contributed by atoms with Gasteiger partial charge in [0.25, 0.3) is 5.56 Å². The van der Waals surface area contributed by atoms with Gasteiger partial charge >= 0.3 is 5.69 Å². The molecule has 1 saturated heterocycles. The third-order valence-corrected chi connectivity index (χ3v) is 7.24. The van der Waals surface area contributed by atoms with Crippen molar-refractivity contribution in [3.05, 3.63) is 128 Å². The van der Waals surface area contributed by atoms with E-state index in [0.717, 1.165) is 16.7 Å². The zero-order valence-corrected chi connectivity index (χ0v) is 22.6. The first-order valence-electron chi connectivity index (χ1n) is 13.0. The van der Waals surface area contributed by atoms with E-state index < -0.39 is 35.3 Å². The zero-order chi connectivity index (χ0) is 28.3. The van der Waals surface area contributed by atoms with Gasteiger partial charge in [0, 0.05) is 18.2 Å². The first kappa shape index (κ1) is 27.4. The lowest BCUT2D eigenvalue weighted by Gasteiger charge is -2.37. The maximum Gasteiger partial charge on any atom is 0.330 e. The molecule has 1 aliphatic rings. The topological polar surface area (TPSA) is 112 Å². The van der Waals surface area contributed by atoms with Crippen molar-refractivity contribution in [1.29, 1.82) is 0 Å². The minimum Gasteiger partial charge on any atom is -0.497 e. The second-order valence-corrected chi connectivity index (χ2v) is 9.75. The van der Waals surface area contributed by atoms with Crippen molar-refractivity contribution in [3.8, 4) is 11.5 Å². The summed E-state index contributed by atoms with van der Waals surface area (Å²) in [5, 5.41) is 10.8. The predicted molar refractivity (Wildman–Crippen MR) is 149 cm³/mol. The number of methoxy groups -OCH3 is 2. The lowest BCUT2D eigenvalue weighted by atomic mass is 9.80. The summed E-state index contributed by atoms with van der Waals surface area (Å²) in [6.07, 6.45) is -0.805. The third-order valence-electron chi connectivity index (χ3n) is 7.24. The molecular weight excluding hydrogens is 512 g/mol.